The van der Waals surface area contributed by atoms with Crippen LogP contribution in [0.4, 0.5) is 5.69 Å². The summed E-state index contributed by atoms with van der Waals surface area (Å²) in [7, 11) is 0. The van der Waals surface area contributed by atoms with Gasteiger partial charge < -0.3 is 10.8 Å². The molecule has 0 amide bonds. The standard InChI is InChI=1S/C8H5ClN2O2S/c9-7-4(11)1-2-5(14-3-10)6(7)8(12)13/h1-2H,11H2,(H,12,13). The summed E-state index contributed by atoms with van der Waals surface area (Å²) in [6, 6.07) is 2.92. The van der Waals surface area contributed by atoms with Crippen molar-refractivity contribution < 1.29 is 9.90 Å². The number of thiocyanates is 1. The van der Waals surface area contributed by atoms with Crippen LogP contribution in [0, 0.1) is 10.7 Å². The third kappa shape index (κ3) is 1.92. The van der Waals surface area contributed by atoms with E-state index in [0.29, 0.717) is 4.90 Å². The average molecular weight is 229 g/mol. The molecule has 14 heavy (non-hydrogen) atoms. The van der Waals surface area contributed by atoms with Gasteiger partial charge in [0.05, 0.1) is 16.3 Å². The van der Waals surface area contributed by atoms with Gasteiger partial charge in [-0.3, -0.25) is 0 Å². The first-order valence-corrected chi connectivity index (χ1v) is 4.64. The molecule has 0 saturated heterocycles. The number of benzene rings is 1. The fraction of sp³-hybridized carbons (Fsp3) is 0. The van der Waals surface area contributed by atoms with Crippen LogP contribution < -0.4 is 5.73 Å². The number of nitrogens with zero attached hydrogens (tertiary/aromatic N) is 1. The average Bonchev–Trinajstić information content (AvgIpc) is 2.11. The Labute approximate surface area is 89.3 Å². The van der Waals surface area contributed by atoms with Crippen LogP contribution >= 0.6 is 23.4 Å². The fourth-order valence-corrected chi connectivity index (χ4v) is 1.74. The molecule has 3 N–H and O–H groups in total. The van der Waals surface area contributed by atoms with Crippen molar-refractivity contribution >= 4 is 35.0 Å². The molecule has 0 aliphatic rings. The number of nitriles is 1. The summed E-state index contributed by atoms with van der Waals surface area (Å²) in [6.07, 6.45) is 0. The first-order chi connectivity index (χ1) is 6.57. The van der Waals surface area contributed by atoms with Crippen molar-refractivity contribution in [2.45, 2.75) is 4.90 Å². The highest BCUT2D eigenvalue weighted by Gasteiger charge is 2.17. The summed E-state index contributed by atoms with van der Waals surface area (Å²) in [5.41, 5.74) is 5.50. The number of nitrogen functional groups attached to an aromatic ring is 1. The van der Waals surface area contributed by atoms with E-state index in [2.05, 4.69) is 0 Å². The summed E-state index contributed by atoms with van der Waals surface area (Å²) in [5, 5.41) is 19.0. The molecule has 0 radical (unpaired) electrons. The van der Waals surface area contributed by atoms with Gasteiger partial charge >= 0.3 is 5.97 Å². The van der Waals surface area contributed by atoms with E-state index in [0.717, 1.165) is 11.8 Å². The normalized spacial score (nSPS) is 9.43. The van der Waals surface area contributed by atoms with Gasteiger partial charge in [0.1, 0.15) is 5.40 Å². The first kappa shape index (κ1) is 10.7. The Kier molecular flexibility index (Phi) is 3.23. The van der Waals surface area contributed by atoms with Gasteiger partial charge in [0.15, 0.2) is 0 Å². The molecule has 0 aliphatic carbocycles. The molecule has 0 spiro atoms. The van der Waals surface area contributed by atoms with Crippen molar-refractivity contribution in [3.05, 3.63) is 22.7 Å². The topological polar surface area (TPSA) is 87.1 Å². The van der Waals surface area contributed by atoms with Gasteiger partial charge in [-0.25, -0.2) is 4.79 Å². The second-order valence-corrected chi connectivity index (χ2v) is 3.54. The van der Waals surface area contributed by atoms with Crippen LogP contribution in [0.15, 0.2) is 17.0 Å². The number of hydrogen-bond donors (Lipinski definition) is 2. The summed E-state index contributed by atoms with van der Waals surface area (Å²) in [6.45, 7) is 0. The van der Waals surface area contributed by atoms with Gasteiger partial charge in [0, 0.05) is 4.90 Å². The van der Waals surface area contributed by atoms with Crippen LogP contribution in [0.25, 0.3) is 0 Å². The SMILES string of the molecule is N#CSc1ccc(N)c(Cl)c1C(=O)O. The third-order valence-electron chi connectivity index (χ3n) is 1.50. The molecule has 1 aromatic carbocycles. The second kappa shape index (κ2) is 4.22. The number of carbonyl (C=O) groups is 1. The minimum Gasteiger partial charge on any atom is -0.478 e. The summed E-state index contributed by atoms with van der Waals surface area (Å²) >= 11 is 6.44. The number of aromatic carboxylic acids is 1. The summed E-state index contributed by atoms with van der Waals surface area (Å²) in [4.78, 5) is 11.1. The smallest absolute Gasteiger partial charge is 0.338 e. The van der Waals surface area contributed by atoms with Crippen molar-refractivity contribution in [3.63, 3.8) is 0 Å². The molecule has 0 fully saturated rings. The Morgan fingerprint density at radius 3 is 2.79 bits per heavy atom. The van der Waals surface area contributed by atoms with E-state index in [1.807, 2.05) is 0 Å². The Balaban J connectivity index is 3.39. The van der Waals surface area contributed by atoms with Crippen LogP contribution in [0.1, 0.15) is 10.4 Å². The zero-order chi connectivity index (χ0) is 10.7. The quantitative estimate of drug-likeness (QED) is 0.460. The number of carboxylic acid groups (broad SMARTS) is 1. The second-order valence-electron chi connectivity index (χ2n) is 2.34. The number of nitrogens with two attached hydrogens (primary N) is 1. The lowest BCUT2D eigenvalue weighted by Crippen LogP contribution is -2.02. The molecular weight excluding hydrogens is 224 g/mol. The molecule has 1 aromatic rings. The minimum atomic E-state index is -1.19. The van der Waals surface area contributed by atoms with Gasteiger partial charge in [0.2, 0.25) is 0 Å². The maximum atomic E-state index is 10.8. The Bertz CT molecular complexity index is 428. The predicted octanol–water partition coefficient (Wildman–Crippen LogP) is 2.19. The van der Waals surface area contributed by atoms with Crippen molar-refractivity contribution in [2.24, 2.45) is 0 Å². The molecule has 0 aromatic heterocycles. The lowest BCUT2D eigenvalue weighted by Gasteiger charge is -2.05. The van der Waals surface area contributed by atoms with E-state index in [1.165, 1.54) is 12.1 Å². The molecule has 1 rings (SSSR count). The molecule has 0 bridgehead atoms. The lowest BCUT2D eigenvalue weighted by molar-refractivity contribution is 0.0693. The molecule has 0 aliphatic heterocycles. The maximum absolute atomic E-state index is 10.8. The number of hydrogen-bond acceptors (Lipinski definition) is 4. The number of halogens is 1. The highest BCUT2D eigenvalue weighted by Crippen LogP contribution is 2.32. The molecular formula is C8H5ClN2O2S. The Hall–Kier alpha value is -1.38. The van der Waals surface area contributed by atoms with Gasteiger partial charge in [-0.15, -0.1) is 0 Å². The number of carboxylic acids is 1. The minimum absolute atomic E-state index is 0.0299. The van der Waals surface area contributed by atoms with E-state index >= 15 is 0 Å². The highest BCUT2D eigenvalue weighted by molar-refractivity contribution is 8.03. The van der Waals surface area contributed by atoms with E-state index in [4.69, 9.17) is 27.7 Å². The Morgan fingerprint density at radius 2 is 2.29 bits per heavy atom. The zero-order valence-electron chi connectivity index (χ0n) is 6.82. The third-order valence-corrected chi connectivity index (χ3v) is 2.56. The van der Waals surface area contributed by atoms with Crippen molar-refractivity contribution in [2.75, 3.05) is 5.73 Å². The highest BCUT2D eigenvalue weighted by atomic mass is 35.5. The number of rotatable bonds is 2. The number of anilines is 1. The zero-order valence-corrected chi connectivity index (χ0v) is 8.39. The Morgan fingerprint density at radius 1 is 1.64 bits per heavy atom. The molecule has 0 atom stereocenters. The van der Waals surface area contributed by atoms with E-state index in [-0.39, 0.29) is 16.3 Å². The largest absolute Gasteiger partial charge is 0.478 e. The van der Waals surface area contributed by atoms with Gasteiger partial charge in [-0.1, -0.05) is 11.6 Å². The molecule has 0 unspecified atom stereocenters. The van der Waals surface area contributed by atoms with E-state index < -0.39 is 5.97 Å². The van der Waals surface area contributed by atoms with Crippen LogP contribution in [0.2, 0.25) is 5.02 Å². The molecule has 4 nitrogen and oxygen atoms in total. The van der Waals surface area contributed by atoms with Gasteiger partial charge in [-0.2, -0.15) is 5.26 Å². The number of thioether (sulfide) groups is 1. The molecule has 72 valence electrons. The fourth-order valence-electron chi connectivity index (χ4n) is 0.908. The molecule has 6 heteroatoms. The van der Waals surface area contributed by atoms with E-state index in [9.17, 15) is 4.79 Å². The predicted molar refractivity (Wildman–Crippen MR) is 54.3 cm³/mol. The molecule has 0 saturated carbocycles. The van der Waals surface area contributed by atoms with Gasteiger partial charge in [-0.05, 0) is 23.9 Å². The first-order valence-electron chi connectivity index (χ1n) is 3.45. The molecule has 0 heterocycles. The van der Waals surface area contributed by atoms with Crippen LogP contribution in [-0.2, 0) is 0 Å². The lowest BCUT2D eigenvalue weighted by atomic mass is 10.2. The summed E-state index contributed by atoms with van der Waals surface area (Å²) in [5.74, 6) is -1.19. The summed E-state index contributed by atoms with van der Waals surface area (Å²) < 4.78 is 0. The van der Waals surface area contributed by atoms with Crippen LogP contribution in [0.3, 0.4) is 0 Å². The van der Waals surface area contributed by atoms with Gasteiger partial charge in [0.25, 0.3) is 0 Å². The van der Waals surface area contributed by atoms with Crippen molar-refractivity contribution in [3.8, 4) is 5.40 Å². The van der Waals surface area contributed by atoms with Crippen molar-refractivity contribution in [1.29, 1.82) is 5.26 Å². The maximum Gasteiger partial charge on any atom is 0.338 e. The monoisotopic (exact) mass is 228 g/mol. The van der Waals surface area contributed by atoms with Crippen molar-refractivity contribution in [1.82, 2.24) is 0 Å². The van der Waals surface area contributed by atoms with Crippen LogP contribution in [-0.4, -0.2) is 11.1 Å². The van der Waals surface area contributed by atoms with E-state index in [1.54, 1.807) is 5.40 Å². The van der Waals surface area contributed by atoms with Crippen LogP contribution in [0.5, 0.6) is 0 Å².